The fourth-order valence-electron chi connectivity index (χ4n) is 3.49. The van der Waals surface area contributed by atoms with Gasteiger partial charge in [0.05, 0.1) is 42.8 Å². The first kappa shape index (κ1) is 29.3. The Morgan fingerprint density at radius 3 is 1.71 bits per heavy atom. The molecule has 1 aromatic rings. The van der Waals surface area contributed by atoms with Crippen LogP contribution < -0.4 is 5.11 Å². The van der Waals surface area contributed by atoms with Crippen molar-refractivity contribution in [2.24, 2.45) is 0 Å². The molecule has 1 aromatic carbocycles. The van der Waals surface area contributed by atoms with E-state index >= 15 is 0 Å². The van der Waals surface area contributed by atoms with Crippen LogP contribution in [0.4, 0.5) is 0 Å². The van der Waals surface area contributed by atoms with Crippen LogP contribution in [-0.2, 0) is 9.53 Å². The number of allylic oxidation sites excluding steroid dienone is 1. The highest BCUT2D eigenvalue weighted by molar-refractivity contribution is 7.76. The van der Waals surface area contributed by atoms with Gasteiger partial charge < -0.3 is 14.6 Å². The molecule has 0 heterocycles. The quantitative estimate of drug-likeness (QED) is 0.199. The second-order valence-electron chi connectivity index (χ2n) is 7.92. The molecule has 0 aromatic heterocycles. The molecule has 4 nitrogen and oxygen atoms in total. The maximum Gasteiger partial charge on any atom is 0.337 e. The Balaban J connectivity index is 0.000000823. The standard InChI is InChI=1S/C19H38O2P.C7H6O2/c1-6-11-14-22(15-12-7-2,16-13-8-3)17-18(9-4)19(20)21-10-5;8-7(9)6-4-2-1-3-5-6/h9H,6-8,10-17H2,1-5H3;1-5H,(H,8,9)/q+1;/p-1/b18-9+;. The number of hydrogen-bond acceptors (Lipinski definition) is 4. The molecule has 0 bridgehead atoms. The van der Waals surface area contributed by atoms with Crippen LogP contribution in [0.2, 0.25) is 0 Å². The van der Waals surface area contributed by atoms with Crippen molar-refractivity contribution in [3.8, 4) is 0 Å². The third-order valence-electron chi connectivity index (χ3n) is 5.36. The number of unbranched alkanes of at least 4 members (excludes halogenated alkanes) is 3. The van der Waals surface area contributed by atoms with Gasteiger partial charge in [0.1, 0.15) is 0 Å². The van der Waals surface area contributed by atoms with Crippen molar-refractivity contribution in [1.29, 1.82) is 0 Å². The lowest BCUT2D eigenvalue weighted by atomic mass is 10.2. The number of ether oxygens (including phenoxy) is 1. The van der Waals surface area contributed by atoms with E-state index in [9.17, 15) is 14.7 Å². The van der Waals surface area contributed by atoms with E-state index in [0.717, 1.165) is 11.7 Å². The highest BCUT2D eigenvalue weighted by atomic mass is 31.2. The minimum atomic E-state index is -1.13. The zero-order valence-electron chi connectivity index (χ0n) is 20.3. The van der Waals surface area contributed by atoms with E-state index in [4.69, 9.17) is 4.74 Å². The lowest BCUT2D eigenvalue weighted by molar-refractivity contribution is -0.255. The summed E-state index contributed by atoms with van der Waals surface area (Å²) in [6, 6.07) is 8.06. The number of rotatable bonds is 14. The van der Waals surface area contributed by atoms with Gasteiger partial charge in [-0.05, 0) is 38.7 Å². The highest BCUT2D eigenvalue weighted by Crippen LogP contribution is 2.61. The summed E-state index contributed by atoms with van der Waals surface area (Å²) in [4.78, 5) is 22.3. The molecule has 31 heavy (non-hydrogen) atoms. The van der Waals surface area contributed by atoms with Gasteiger partial charge in [-0.15, -0.1) is 0 Å². The molecule has 0 atom stereocenters. The smallest absolute Gasteiger partial charge is 0.337 e. The molecular weight excluding hydrogens is 407 g/mol. The van der Waals surface area contributed by atoms with Gasteiger partial charge in [-0.3, -0.25) is 0 Å². The molecule has 0 radical (unpaired) electrons. The van der Waals surface area contributed by atoms with Gasteiger partial charge >= 0.3 is 5.97 Å². The Labute approximate surface area is 190 Å². The molecule has 0 unspecified atom stereocenters. The molecule has 0 aliphatic rings. The van der Waals surface area contributed by atoms with Crippen molar-refractivity contribution in [2.75, 3.05) is 31.3 Å². The fraction of sp³-hybridized carbons (Fsp3) is 0.615. The number of carbonyl (C=O) groups is 2. The van der Waals surface area contributed by atoms with Gasteiger partial charge in [-0.2, -0.15) is 0 Å². The van der Waals surface area contributed by atoms with Crippen molar-refractivity contribution in [3.05, 3.63) is 47.5 Å². The van der Waals surface area contributed by atoms with Gasteiger partial charge in [0, 0.05) is 7.26 Å². The third kappa shape index (κ3) is 12.7. The van der Waals surface area contributed by atoms with Crippen molar-refractivity contribution >= 4 is 19.2 Å². The van der Waals surface area contributed by atoms with E-state index in [1.165, 1.54) is 69.1 Å². The number of aromatic carboxylic acids is 1. The summed E-state index contributed by atoms with van der Waals surface area (Å²) in [6.07, 6.45) is 14.7. The van der Waals surface area contributed by atoms with Gasteiger partial charge in [-0.25, -0.2) is 4.79 Å². The van der Waals surface area contributed by atoms with Gasteiger partial charge in [-0.1, -0.05) is 76.4 Å². The topological polar surface area (TPSA) is 66.4 Å². The molecule has 176 valence electrons. The summed E-state index contributed by atoms with van der Waals surface area (Å²) >= 11 is 0. The molecule has 0 saturated carbocycles. The van der Waals surface area contributed by atoms with Crippen LogP contribution in [-0.4, -0.2) is 43.2 Å². The number of hydrogen-bond donors (Lipinski definition) is 0. The number of esters is 1. The largest absolute Gasteiger partial charge is 0.545 e. The van der Waals surface area contributed by atoms with Crippen LogP contribution >= 0.6 is 7.26 Å². The average molecular weight is 451 g/mol. The normalized spacial score (nSPS) is 11.5. The summed E-state index contributed by atoms with van der Waals surface area (Å²) in [5, 5.41) is 10.1. The van der Waals surface area contributed by atoms with Gasteiger partial charge in [0.15, 0.2) is 0 Å². The molecule has 0 aliphatic heterocycles. The lowest BCUT2D eigenvalue weighted by Crippen LogP contribution is -2.21. The van der Waals surface area contributed by atoms with Crippen LogP contribution in [0, 0.1) is 0 Å². The van der Waals surface area contributed by atoms with Gasteiger partial charge in [0.2, 0.25) is 0 Å². The molecule has 0 N–H and O–H groups in total. The average Bonchev–Trinajstić information content (AvgIpc) is 2.79. The molecule has 0 aliphatic carbocycles. The molecule has 5 heteroatoms. The van der Waals surface area contributed by atoms with Crippen molar-refractivity contribution in [2.45, 2.75) is 73.1 Å². The van der Waals surface area contributed by atoms with E-state index in [1.54, 1.807) is 18.2 Å². The van der Waals surface area contributed by atoms with E-state index < -0.39 is 13.2 Å². The first-order valence-corrected chi connectivity index (χ1v) is 14.4. The summed E-state index contributed by atoms with van der Waals surface area (Å²) < 4.78 is 5.26. The van der Waals surface area contributed by atoms with E-state index in [1.807, 2.05) is 19.9 Å². The number of carboxylic acids is 1. The fourth-order valence-corrected chi connectivity index (χ4v) is 8.63. The number of benzene rings is 1. The maximum atomic E-state index is 12.2. The molecule has 0 spiro atoms. The Hall–Kier alpha value is -1.67. The highest BCUT2D eigenvalue weighted by Gasteiger charge is 2.37. The third-order valence-corrected chi connectivity index (χ3v) is 10.2. The monoisotopic (exact) mass is 450 g/mol. The first-order valence-electron chi connectivity index (χ1n) is 11.8. The molecule has 0 saturated heterocycles. The van der Waals surface area contributed by atoms with Crippen molar-refractivity contribution < 1.29 is 19.4 Å². The molecule has 1 rings (SSSR count). The molecule has 0 amide bonds. The predicted octanol–water partition coefficient (Wildman–Crippen LogP) is 5.96. The maximum absolute atomic E-state index is 12.2. The van der Waals surface area contributed by atoms with Crippen LogP contribution in [0.15, 0.2) is 42.0 Å². The zero-order valence-corrected chi connectivity index (χ0v) is 21.2. The first-order chi connectivity index (χ1) is 14.9. The SMILES string of the molecule is C/C=C(\C[P+](CCCC)(CCCC)CCCC)C(=O)OCC.O=C([O-])c1ccccc1. The predicted molar refractivity (Wildman–Crippen MR) is 132 cm³/mol. The minimum Gasteiger partial charge on any atom is -0.545 e. The van der Waals surface area contributed by atoms with E-state index in [-0.39, 0.29) is 11.5 Å². The second-order valence-corrected chi connectivity index (χ2v) is 12.3. The summed E-state index contributed by atoms with van der Waals surface area (Å²) in [6.45, 7) is 11.2. The van der Waals surface area contributed by atoms with Crippen LogP contribution in [0.3, 0.4) is 0 Å². The van der Waals surface area contributed by atoms with Crippen LogP contribution in [0.5, 0.6) is 0 Å². The Kier molecular flexibility index (Phi) is 17.0. The summed E-state index contributed by atoms with van der Waals surface area (Å²) in [5.41, 5.74) is 1.15. The minimum absolute atomic E-state index is 0.0844. The number of carboxylic acid groups (broad SMARTS) is 1. The van der Waals surface area contributed by atoms with Crippen molar-refractivity contribution in [1.82, 2.24) is 0 Å². The van der Waals surface area contributed by atoms with E-state index in [2.05, 4.69) is 20.8 Å². The summed E-state index contributed by atoms with van der Waals surface area (Å²) in [5.74, 6) is -1.21. The van der Waals surface area contributed by atoms with Gasteiger partial charge in [0.25, 0.3) is 0 Å². The van der Waals surface area contributed by atoms with Crippen molar-refractivity contribution in [3.63, 3.8) is 0 Å². The Bertz CT molecular complexity index is 618. The molecule has 0 fully saturated rings. The van der Waals surface area contributed by atoms with E-state index in [0.29, 0.717) is 6.61 Å². The Morgan fingerprint density at radius 2 is 1.39 bits per heavy atom. The lowest BCUT2D eigenvalue weighted by Gasteiger charge is -2.28. The van der Waals surface area contributed by atoms with Crippen LogP contribution in [0.25, 0.3) is 0 Å². The van der Waals surface area contributed by atoms with Crippen LogP contribution in [0.1, 0.15) is 83.5 Å². The zero-order chi connectivity index (χ0) is 23.5. The number of carbonyl (C=O) groups excluding carboxylic acids is 2. The summed E-state index contributed by atoms with van der Waals surface area (Å²) in [7, 11) is -1.07. The Morgan fingerprint density at radius 1 is 0.903 bits per heavy atom. The second kappa shape index (κ2) is 18.0. The molecular formula is C26H43O4P.